The lowest BCUT2D eigenvalue weighted by Gasteiger charge is -2.08. The number of nitrogens with one attached hydrogen (secondary N) is 1. The van der Waals surface area contributed by atoms with Crippen LogP contribution in [-0.2, 0) is 0 Å². The Balaban J connectivity index is 0.000000177. The number of nitrogens with two attached hydrogens (primary N) is 1. The van der Waals surface area contributed by atoms with Gasteiger partial charge in [0, 0.05) is 34.1 Å². The third-order valence-corrected chi connectivity index (χ3v) is 6.23. The third kappa shape index (κ3) is 12.0. The van der Waals surface area contributed by atoms with E-state index in [-0.39, 0.29) is 0 Å². The van der Waals surface area contributed by atoms with Crippen LogP contribution in [-0.4, -0.2) is 31.9 Å². The molecule has 13 heteroatoms. The van der Waals surface area contributed by atoms with Crippen molar-refractivity contribution >= 4 is 57.7 Å². The van der Waals surface area contributed by atoms with Crippen LogP contribution in [0.5, 0.6) is 11.5 Å². The highest BCUT2D eigenvalue weighted by Crippen LogP contribution is 2.22. The fraction of sp³-hybridized carbons (Fsp3) is 0. The van der Waals surface area contributed by atoms with Gasteiger partial charge < -0.3 is 15.2 Å². The van der Waals surface area contributed by atoms with Crippen LogP contribution in [0.1, 0.15) is 0 Å². The van der Waals surface area contributed by atoms with Gasteiger partial charge in [0.15, 0.2) is 10.3 Å². The second kappa shape index (κ2) is 17.8. The quantitative estimate of drug-likeness (QED) is 0.134. The van der Waals surface area contributed by atoms with Crippen LogP contribution < -0.4 is 20.5 Å². The third-order valence-electron chi connectivity index (χ3n) is 5.75. The van der Waals surface area contributed by atoms with Gasteiger partial charge in [-0.05, 0) is 72.8 Å². The summed E-state index contributed by atoms with van der Waals surface area (Å²) in [6.07, 6.45) is -0.560. The van der Waals surface area contributed by atoms with Gasteiger partial charge in [-0.15, -0.1) is 20.4 Å². The predicted octanol–water partition coefficient (Wildman–Crippen LogP) is 9.21. The van der Waals surface area contributed by atoms with Gasteiger partial charge in [0.1, 0.15) is 11.5 Å². The molecule has 6 rings (SSSR count). The lowest BCUT2D eigenvalue weighted by atomic mass is 10.1. The summed E-state index contributed by atoms with van der Waals surface area (Å²) in [5.74, 6) is 0.937. The molecule has 0 atom stereocenters. The summed E-state index contributed by atoms with van der Waals surface area (Å²) < 4.78 is 9.72. The highest BCUT2D eigenvalue weighted by atomic mass is 35.5. The van der Waals surface area contributed by atoms with Crippen molar-refractivity contribution in [1.82, 2.24) is 20.4 Å². The molecule has 0 fully saturated rings. The van der Waals surface area contributed by atoms with Crippen molar-refractivity contribution in [3.63, 3.8) is 0 Å². The SMILES string of the molecule is Nc1cccc(-c2ccc(Cl)nn2)c1.O=C(Cl)Oc1ccccc1.O=C(Nc1cccc(-c2ccc(Cl)nn2)c1)Oc1ccccc1. The molecule has 3 N–H and O–H groups in total. The minimum atomic E-state index is -0.814. The molecule has 236 valence electrons. The lowest BCUT2D eigenvalue weighted by Crippen LogP contribution is -2.16. The zero-order chi connectivity index (χ0) is 33.4. The first kappa shape index (κ1) is 34.3. The van der Waals surface area contributed by atoms with Crippen LogP contribution in [0, 0.1) is 0 Å². The van der Waals surface area contributed by atoms with Crippen molar-refractivity contribution in [3.05, 3.63) is 144 Å². The average Bonchev–Trinajstić information content (AvgIpc) is 3.07. The summed E-state index contributed by atoms with van der Waals surface area (Å²) in [4.78, 5) is 22.1. The Morgan fingerprint density at radius 3 is 1.57 bits per heavy atom. The first-order valence-electron chi connectivity index (χ1n) is 13.7. The molecule has 0 spiro atoms. The van der Waals surface area contributed by atoms with Crippen molar-refractivity contribution < 1.29 is 19.1 Å². The van der Waals surface area contributed by atoms with Gasteiger partial charge in [-0.3, -0.25) is 5.32 Å². The predicted molar refractivity (Wildman–Crippen MR) is 184 cm³/mol. The van der Waals surface area contributed by atoms with E-state index in [9.17, 15) is 9.59 Å². The highest BCUT2D eigenvalue weighted by Gasteiger charge is 2.07. The lowest BCUT2D eigenvalue weighted by molar-refractivity contribution is 0.215. The number of carbonyl (C=O) groups excluding carboxylic acids is 2. The molecule has 0 saturated heterocycles. The summed E-state index contributed by atoms with van der Waals surface area (Å²) >= 11 is 16.3. The number of ether oxygens (including phenoxy) is 2. The molecule has 4 aromatic carbocycles. The summed E-state index contributed by atoms with van der Waals surface area (Å²) in [6, 6.07) is 39.1. The number of nitrogens with zero attached hydrogens (tertiary/aromatic N) is 4. The number of aromatic nitrogens is 4. The van der Waals surface area contributed by atoms with E-state index in [1.807, 2.05) is 54.6 Å². The summed E-state index contributed by atoms with van der Waals surface area (Å²) in [7, 11) is 0. The number of rotatable bonds is 5. The van der Waals surface area contributed by atoms with E-state index >= 15 is 0 Å². The number of halogens is 3. The number of hydrogen-bond acceptors (Lipinski definition) is 9. The number of anilines is 2. The van der Waals surface area contributed by atoms with E-state index in [0.29, 0.717) is 38.9 Å². The van der Waals surface area contributed by atoms with Gasteiger partial charge in [-0.1, -0.05) is 83.9 Å². The van der Waals surface area contributed by atoms with Crippen molar-refractivity contribution in [2.24, 2.45) is 0 Å². The Labute approximate surface area is 285 Å². The normalized spacial score (nSPS) is 9.85. The van der Waals surface area contributed by atoms with Gasteiger partial charge in [0.05, 0.1) is 11.4 Å². The summed E-state index contributed by atoms with van der Waals surface area (Å²) in [5, 5.41) is 18.9. The van der Waals surface area contributed by atoms with Crippen molar-refractivity contribution in [3.8, 4) is 34.0 Å². The number of benzene rings is 4. The monoisotopic (exact) mass is 686 g/mol. The molecule has 10 nitrogen and oxygen atoms in total. The van der Waals surface area contributed by atoms with Crippen molar-refractivity contribution in [1.29, 1.82) is 0 Å². The largest absolute Gasteiger partial charge is 0.417 e. The Morgan fingerprint density at radius 2 is 1.09 bits per heavy atom. The Hall–Kier alpha value is -5.55. The maximum Gasteiger partial charge on any atom is 0.417 e. The van der Waals surface area contributed by atoms with Crippen molar-refractivity contribution in [2.75, 3.05) is 11.1 Å². The minimum absolute atomic E-state index is 0.328. The fourth-order valence-corrected chi connectivity index (χ4v) is 4.00. The maximum atomic E-state index is 11.9. The molecule has 6 aromatic rings. The number of amides is 1. The Kier molecular flexibility index (Phi) is 13.0. The van der Waals surface area contributed by atoms with E-state index in [0.717, 1.165) is 16.8 Å². The molecule has 0 aliphatic heterocycles. The van der Waals surface area contributed by atoms with E-state index in [2.05, 4.69) is 30.4 Å². The Morgan fingerprint density at radius 1 is 0.574 bits per heavy atom. The zero-order valence-electron chi connectivity index (χ0n) is 24.3. The molecule has 0 aliphatic carbocycles. The molecule has 1 amide bonds. The van der Waals surface area contributed by atoms with E-state index in [1.165, 1.54) is 0 Å². The molecule has 47 heavy (non-hydrogen) atoms. The molecule has 0 bridgehead atoms. The first-order chi connectivity index (χ1) is 22.7. The molecular formula is C34H25Cl3N6O4. The molecule has 0 aliphatic rings. The average molecular weight is 688 g/mol. The fourth-order valence-electron chi connectivity index (χ4n) is 3.71. The number of hydrogen-bond donors (Lipinski definition) is 2. The maximum absolute atomic E-state index is 11.9. The number of para-hydroxylation sites is 2. The topological polar surface area (TPSA) is 142 Å². The summed E-state index contributed by atoms with van der Waals surface area (Å²) in [5.41, 5.74) is 9.32. The standard InChI is InChI=1S/C17H12ClN3O2.C10H8ClN3.C7H5ClO2/c18-16-10-9-15(20-21-16)12-5-4-6-13(11-12)19-17(22)23-14-7-2-1-3-8-14;11-10-5-4-9(13-14-10)7-2-1-3-8(12)6-7;8-7(9)10-6-4-2-1-3-5-6/h1-11H,(H,19,22);1-6H,12H2;1-5H. The molecular weight excluding hydrogens is 663 g/mol. The molecule has 2 heterocycles. The number of nitrogen functional groups attached to an aromatic ring is 1. The van der Waals surface area contributed by atoms with Crippen LogP contribution in [0.25, 0.3) is 22.5 Å². The molecule has 0 saturated carbocycles. The highest BCUT2D eigenvalue weighted by molar-refractivity contribution is 6.61. The first-order valence-corrected chi connectivity index (χ1v) is 14.8. The van der Waals surface area contributed by atoms with E-state index in [4.69, 9.17) is 45.3 Å². The van der Waals surface area contributed by atoms with Gasteiger partial charge in [0.2, 0.25) is 0 Å². The zero-order valence-corrected chi connectivity index (χ0v) is 26.6. The smallest absolute Gasteiger partial charge is 0.415 e. The van der Waals surface area contributed by atoms with Crippen molar-refractivity contribution in [2.45, 2.75) is 0 Å². The second-order valence-corrected chi connectivity index (χ2v) is 10.3. The van der Waals surface area contributed by atoms with Gasteiger partial charge in [0.25, 0.3) is 0 Å². The molecule has 0 unspecified atom stereocenters. The van der Waals surface area contributed by atoms with Crippen LogP contribution >= 0.6 is 34.8 Å². The number of carbonyl (C=O) groups is 2. The Bertz CT molecular complexity index is 1880. The van der Waals surface area contributed by atoms with E-state index in [1.54, 1.807) is 78.9 Å². The van der Waals surface area contributed by atoms with Gasteiger partial charge in [-0.25, -0.2) is 9.59 Å². The molecule has 2 aromatic heterocycles. The van der Waals surface area contributed by atoms with Crippen LogP contribution in [0.4, 0.5) is 21.0 Å². The second-order valence-electron chi connectivity index (χ2n) is 9.17. The van der Waals surface area contributed by atoms with Crippen LogP contribution in [0.2, 0.25) is 10.3 Å². The summed E-state index contributed by atoms with van der Waals surface area (Å²) in [6.45, 7) is 0. The van der Waals surface area contributed by atoms with Crippen LogP contribution in [0.3, 0.4) is 0 Å². The van der Waals surface area contributed by atoms with Gasteiger partial charge >= 0.3 is 11.5 Å². The molecule has 0 radical (unpaired) electrons. The van der Waals surface area contributed by atoms with Gasteiger partial charge in [-0.2, -0.15) is 0 Å². The minimum Gasteiger partial charge on any atom is -0.415 e. The van der Waals surface area contributed by atoms with E-state index < -0.39 is 11.5 Å². The van der Waals surface area contributed by atoms with Crippen LogP contribution in [0.15, 0.2) is 133 Å².